The van der Waals surface area contributed by atoms with Gasteiger partial charge in [-0.25, -0.2) is 4.98 Å². The molecule has 0 bridgehead atoms. The molecule has 3 rings (SSSR count). The lowest BCUT2D eigenvalue weighted by Crippen LogP contribution is -2.27. The van der Waals surface area contributed by atoms with E-state index < -0.39 is 0 Å². The molecule has 7 heteroatoms. The lowest BCUT2D eigenvalue weighted by Gasteiger charge is -2.12. The van der Waals surface area contributed by atoms with Gasteiger partial charge in [-0.05, 0) is 37.7 Å². The number of benzene rings is 1. The molecule has 1 aromatic carbocycles. The van der Waals surface area contributed by atoms with Gasteiger partial charge in [0.05, 0.1) is 18.9 Å². The van der Waals surface area contributed by atoms with Crippen LogP contribution in [0.4, 0.5) is 0 Å². The van der Waals surface area contributed by atoms with E-state index >= 15 is 0 Å². The summed E-state index contributed by atoms with van der Waals surface area (Å²) in [5.41, 5.74) is 1.47. The number of carbonyl (C=O) groups excluding carboxylic acids is 1. The van der Waals surface area contributed by atoms with Crippen LogP contribution >= 0.6 is 11.8 Å². The molecule has 1 unspecified atom stereocenters. The fourth-order valence-corrected chi connectivity index (χ4v) is 3.47. The van der Waals surface area contributed by atoms with Crippen LogP contribution in [0.25, 0.3) is 5.69 Å². The van der Waals surface area contributed by atoms with Crippen molar-refractivity contribution in [3.63, 3.8) is 0 Å². The van der Waals surface area contributed by atoms with Gasteiger partial charge >= 0.3 is 0 Å². The summed E-state index contributed by atoms with van der Waals surface area (Å²) in [5, 5.41) is 3.75. The van der Waals surface area contributed by atoms with Crippen LogP contribution in [0.1, 0.15) is 29.8 Å². The Morgan fingerprint density at radius 1 is 1.42 bits per heavy atom. The predicted molar refractivity (Wildman–Crippen MR) is 102 cm³/mol. The number of hydrogen-bond acceptors (Lipinski definition) is 5. The number of carbonyl (C=O) groups is 1. The van der Waals surface area contributed by atoms with Crippen LogP contribution in [0.2, 0.25) is 0 Å². The first kappa shape index (κ1) is 18.9. The highest BCUT2D eigenvalue weighted by Crippen LogP contribution is 2.21. The number of thioether (sulfide) groups is 1. The van der Waals surface area contributed by atoms with Crippen molar-refractivity contribution in [3.05, 3.63) is 42.2 Å². The third-order valence-corrected chi connectivity index (χ3v) is 4.89. The standard InChI is InChI=1S/C19H25N3O3S/c1-26-19-21-13-17(22(19)15-7-3-2-4-8-15)18(23)20-10-6-11-24-14-16-9-5-12-25-16/h2-4,7-8,13,16H,5-6,9-12,14H2,1H3,(H,20,23). The molecule has 1 aliphatic heterocycles. The summed E-state index contributed by atoms with van der Waals surface area (Å²) in [7, 11) is 0. The molecule has 1 aliphatic rings. The van der Waals surface area contributed by atoms with Gasteiger partial charge in [0.1, 0.15) is 5.69 Å². The van der Waals surface area contributed by atoms with E-state index in [1.807, 2.05) is 41.2 Å². The number of aromatic nitrogens is 2. The summed E-state index contributed by atoms with van der Waals surface area (Å²) < 4.78 is 13.0. The number of para-hydroxylation sites is 1. The van der Waals surface area contributed by atoms with Gasteiger partial charge < -0.3 is 14.8 Å². The Balaban J connectivity index is 1.49. The third-order valence-electron chi connectivity index (χ3n) is 4.24. The maximum absolute atomic E-state index is 12.6. The Labute approximate surface area is 158 Å². The van der Waals surface area contributed by atoms with E-state index in [0.717, 1.165) is 36.7 Å². The van der Waals surface area contributed by atoms with Crippen LogP contribution in [0.5, 0.6) is 0 Å². The van der Waals surface area contributed by atoms with Gasteiger partial charge in [0, 0.05) is 25.4 Å². The highest BCUT2D eigenvalue weighted by atomic mass is 32.2. The van der Waals surface area contributed by atoms with E-state index in [2.05, 4.69) is 10.3 Å². The topological polar surface area (TPSA) is 65.4 Å². The summed E-state index contributed by atoms with van der Waals surface area (Å²) >= 11 is 1.52. The van der Waals surface area contributed by atoms with Gasteiger partial charge in [-0.2, -0.15) is 0 Å². The van der Waals surface area contributed by atoms with E-state index in [-0.39, 0.29) is 12.0 Å². The molecule has 0 radical (unpaired) electrons. The minimum atomic E-state index is -0.124. The molecular weight excluding hydrogens is 350 g/mol. The molecule has 1 N–H and O–H groups in total. The first-order chi connectivity index (χ1) is 12.8. The largest absolute Gasteiger partial charge is 0.379 e. The van der Waals surface area contributed by atoms with E-state index in [0.29, 0.717) is 25.5 Å². The number of nitrogens with one attached hydrogen (secondary N) is 1. The molecule has 1 aromatic heterocycles. The number of hydrogen-bond donors (Lipinski definition) is 1. The summed E-state index contributed by atoms with van der Waals surface area (Å²) in [6.45, 7) is 2.68. The lowest BCUT2D eigenvalue weighted by molar-refractivity contribution is 0.0166. The molecule has 26 heavy (non-hydrogen) atoms. The normalized spacial score (nSPS) is 16.7. The van der Waals surface area contributed by atoms with E-state index in [1.54, 1.807) is 6.20 Å². The van der Waals surface area contributed by atoms with Crippen LogP contribution in [-0.2, 0) is 9.47 Å². The highest BCUT2D eigenvalue weighted by Gasteiger charge is 2.17. The zero-order valence-electron chi connectivity index (χ0n) is 15.0. The molecule has 140 valence electrons. The summed E-state index contributed by atoms with van der Waals surface area (Å²) in [6, 6.07) is 9.79. The fraction of sp³-hybridized carbons (Fsp3) is 0.474. The van der Waals surface area contributed by atoms with Crippen molar-refractivity contribution in [3.8, 4) is 5.69 Å². The summed E-state index contributed by atoms with van der Waals surface area (Å²) in [5.74, 6) is -0.124. The van der Waals surface area contributed by atoms with Crippen LogP contribution < -0.4 is 5.32 Å². The van der Waals surface area contributed by atoms with Crippen LogP contribution in [0.15, 0.2) is 41.7 Å². The average molecular weight is 375 g/mol. The van der Waals surface area contributed by atoms with Gasteiger partial charge in [-0.1, -0.05) is 30.0 Å². The Hall–Kier alpha value is -1.83. The monoisotopic (exact) mass is 375 g/mol. The molecule has 6 nitrogen and oxygen atoms in total. The zero-order chi connectivity index (χ0) is 18.2. The highest BCUT2D eigenvalue weighted by molar-refractivity contribution is 7.98. The van der Waals surface area contributed by atoms with Gasteiger partial charge in [-0.15, -0.1) is 0 Å². The third kappa shape index (κ3) is 4.87. The number of amides is 1. The second kappa shape index (κ2) is 9.75. The quantitative estimate of drug-likeness (QED) is 0.539. The van der Waals surface area contributed by atoms with E-state index in [1.165, 1.54) is 11.8 Å². The molecule has 0 aliphatic carbocycles. The van der Waals surface area contributed by atoms with Crippen molar-refractivity contribution < 1.29 is 14.3 Å². The number of ether oxygens (including phenoxy) is 2. The number of nitrogens with zero attached hydrogens (tertiary/aromatic N) is 2. The van der Waals surface area contributed by atoms with Crippen molar-refractivity contribution in [1.82, 2.24) is 14.9 Å². The lowest BCUT2D eigenvalue weighted by atomic mass is 10.2. The summed E-state index contributed by atoms with van der Waals surface area (Å²) in [4.78, 5) is 16.9. The molecule has 1 amide bonds. The zero-order valence-corrected chi connectivity index (χ0v) is 15.8. The van der Waals surface area contributed by atoms with Crippen molar-refractivity contribution in [2.45, 2.75) is 30.5 Å². The fourth-order valence-electron chi connectivity index (χ4n) is 2.92. The molecule has 1 fully saturated rings. The molecule has 1 atom stereocenters. The molecule has 0 saturated carbocycles. The number of imidazole rings is 1. The maximum atomic E-state index is 12.6. The van der Waals surface area contributed by atoms with Crippen LogP contribution in [0.3, 0.4) is 0 Å². The van der Waals surface area contributed by atoms with Gasteiger partial charge in [0.2, 0.25) is 0 Å². The molecular formula is C19H25N3O3S. The van der Waals surface area contributed by atoms with Gasteiger partial charge in [-0.3, -0.25) is 9.36 Å². The Morgan fingerprint density at radius 2 is 2.27 bits per heavy atom. The molecule has 2 heterocycles. The summed E-state index contributed by atoms with van der Waals surface area (Å²) in [6.07, 6.45) is 6.80. The van der Waals surface area contributed by atoms with Crippen molar-refractivity contribution in [2.75, 3.05) is 32.6 Å². The minimum Gasteiger partial charge on any atom is -0.379 e. The maximum Gasteiger partial charge on any atom is 0.269 e. The van der Waals surface area contributed by atoms with Crippen LogP contribution in [-0.4, -0.2) is 54.2 Å². The van der Waals surface area contributed by atoms with Crippen molar-refractivity contribution >= 4 is 17.7 Å². The first-order valence-corrected chi connectivity index (χ1v) is 10.2. The SMILES string of the molecule is CSc1ncc(C(=O)NCCCOCC2CCCO2)n1-c1ccccc1. The van der Waals surface area contributed by atoms with Gasteiger partial charge in [0.15, 0.2) is 5.16 Å². The number of rotatable bonds is 9. The van der Waals surface area contributed by atoms with Crippen molar-refractivity contribution in [2.24, 2.45) is 0 Å². The van der Waals surface area contributed by atoms with Crippen molar-refractivity contribution in [1.29, 1.82) is 0 Å². The Morgan fingerprint density at radius 3 is 3.00 bits per heavy atom. The second-order valence-corrected chi connectivity index (χ2v) is 6.89. The van der Waals surface area contributed by atoms with E-state index in [4.69, 9.17) is 9.47 Å². The van der Waals surface area contributed by atoms with Gasteiger partial charge in [0.25, 0.3) is 5.91 Å². The Bertz CT molecular complexity index is 699. The second-order valence-electron chi connectivity index (χ2n) is 6.12. The minimum absolute atomic E-state index is 0.124. The molecule has 0 spiro atoms. The molecule has 1 saturated heterocycles. The predicted octanol–water partition coefficient (Wildman–Crippen LogP) is 2.91. The Kier molecular flexibility index (Phi) is 7.11. The molecule has 2 aromatic rings. The van der Waals surface area contributed by atoms with Crippen LogP contribution in [0, 0.1) is 0 Å². The first-order valence-electron chi connectivity index (χ1n) is 8.94. The smallest absolute Gasteiger partial charge is 0.269 e. The van der Waals surface area contributed by atoms with E-state index in [9.17, 15) is 4.79 Å². The average Bonchev–Trinajstić information content (AvgIpc) is 3.34.